The Balaban J connectivity index is 1.59. The fraction of sp³-hybridized carbons (Fsp3) is 0.562. The van der Waals surface area contributed by atoms with Crippen LogP contribution in [0.3, 0.4) is 0 Å². The first-order valence-electron chi connectivity index (χ1n) is 8.55. The summed E-state index contributed by atoms with van der Waals surface area (Å²) < 4.78 is 32.6. The Hall–Kier alpha value is -2.00. The predicted molar refractivity (Wildman–Crippen MR) is 91.6 cm³/mol. The van der Waals surface area contributed by atoms with Crippen LogP contribution < -0.4 is 4.74 Å². The van der Waals surface area contributed by atoms with Gasteiger partial charge in [-0.1, -0.05) is 12.1 Å². The summed E-state index contributed by atoms with van der Waals surface area (Å²) in [6.45, 7) is 3.68. The van der Waals surface area contributed by atoms with Gasteiger partial charge in [-0.2, -0.15) is 9.52 Å². The van der Waals surface area contributed by atoms with Crippen LogP contribution in [-0.4, -0.2) is 53.0 Å². The van der Waals surface area contributed by atoms with E-state index in [0.29, 0.717) is 42.1 Å². The highest BCUT2D eigenvalue weighted by atomic mass is 32.2. The number of rotatable bonds is 7. The van der Waals surface area contributed by atoms with Crippen molar-refractivity contribution in [3.8, 4) is 5.75 Å². The van der Waals surface area contributed by atoms with E-state index >= 15 is 0 Å². The third kappa shape index (κ3) is 4.35. The summed E-state index contributed by atoms with van der Waals surface area (Å²) in [5, 5.41) is 13.9. The largest absolute Gasteiger partial charge is 0.494 e. The standard InChI is InChI=1S/C16H23N5O3S/c1-2-11-24-14-3-5-15(6-4-14)25(22,23)21-9-7-13(8-10-21)12-16-17-19-20-18-16/h3-6,13H,2,7-12H2,1H3,(H,17,18,19,20). The Morgan fingerprint density at radius 1 is 1.24 bits per heavy atom. The highest BCUT2D eigenvalue weighted by molar-refractivity contribution is 7.89. The highest BCUT2D eigenvalue weighted by Crippen LogP contribution is 2.26. The van der Waals surface area contributed by atoms with Gasteiger partial charge in [0.1, 0.15) is 5.75 Å². The van der Waals surface area contributed by atoms with Gasteiger partial charge < -0.3 is 4.74 Å². The molecule has 136 valence electrons. The van der Waals surface area contributed by atoms with Crippen LogP contribution in [0.5, 0.6) is 5.75 Å². The zero-order chi connectivity index (χ0) is 17.7. The Morgan fingerprint density at radius 3 is 2.56 bits per heavy atom. The van der Waals surface area contributed by atoms with E-state index in [1.54, 1.807) is 28.6 Å². The minimum absolute atomic E-state index is 0.313. The molecule has 1 saturated heterocycles. The second-order valence-corrected chi connectivity index (χ2v) is 8.14. The molecule has 8 nitrogen and oxygen atoms in total. The molecule has 1 N–H and O–H groups in total. The van der Waals surface area contributed by atoms with Crippen molar-refractivity contribution in [3.05, 3.63) is 30.1 Å². The first-order chi connectivity index (χ1) is 12.1. The summed E-state index contributed by atoms with van der Waals surface area (Å²) >= 11 is 0. The van der Waals surface area contributed by atoms with Crippen molar-refractivity contribution in [2.45, 2.75) is 37.5 Å². The third-order valence-electron chi connectivity index (χ3n) is 4.37. The fourth-order valence-electron chi connectivity index (χ4n) is 2.96. The average Bonchev–Trinajstić information content (AvgIpc) is 3.14. The Labute approximate surface area is 147 Å². The first-order valence-corrected chi connectivity index (χ1v) is 9.99. The molecular weight excluding hydrogens is 342 g/mol. The van der Waals surface area contributed by atoms with E-state index in [9.17, 15) is 8.42 Å². The summed E-state index contributed by atoms with van der Waals surface area (Å²) in [7, 11) is -3.46. The number of aromatic nitrogens is 4. The summed E-state index contributed by atoms with van der Waals surface area (Å²) in [4.78, 5) is 0.313. The lowest BCUT2D eigenvalue weighted by molar-refractivity contribution is 0.270. The number of tetrazole rings is 1. The van der Waals surface area contributed by atoms with Crippen LogP contribution in [0, 0.1) is 5.92 Å². The monoisotopic (exact) mass is 365 g/mol. The minimum Gasteiger partial charge on any atom is -0.494 e. The van der Waals surface area contributed by atoms with Crippen LogP contribution in [0.2, 0.25) is 0 Å². The number of aromatic amines is 1. The SMILES string of the molecule is CCCOc1ccc(S(=O)(=O)N2CCC(Cc3nn[nH]n3)CC2)cc1. The second kappa shape index (κ2) is 7.92. The van der Waals surface area contributed by atoms with Gasteiger partial charge in [0.2, 0.25) is 10.0 Å². The second-order valence-electron chi connectivity index (χ2n) is 6.20. The maximum Gasteiger partial charge on any atom is 0.243 e. The van der Waals surface area contributed by atoms with E-state index in [0.717, 1.165) is 25.7 Å². The summed E-state index contributed by atoms with van der Waals surface area (Å²) in [6, 6.07) is 6.66. The average molecular weight is 365 g/mol. The van der Waals surface area contributed by atoms with Gasteiger partial charge >= 0.3 is 0 Å². The van der Waals surface area contributed by atoms with Crippen LogP contribution >= 0.6 is 0 Å². The van der Waals surface area contributed by atoms with Crippen LogP contribution in [0.1, 0.15) is 32.0 Å². The molecule has 0 saturated carbocycles. The van der Waals surface area contributed by atoms with Crippen molar-refractivity contribution in [1.82, 2.24) is 24.9 Å². The molecule has 0 unspecified atom stereocenters. The molecule has 1 aromatic carbocycles. The van der Waals surface area contributed by atoms with E-state index in [1.165, 1.54) is 0 Å². The van der Waals surface area contributed by atoms with Crippen molar-refractivity contribution in [3.63, 3.8) is 0 Å². The molecule has 1 aromatic heterocycles. The number of nitrogens with zero attached hydrogens (tertiary/aromatic N) is 4. The molecular formula is C16H23N5O3S. The van der Waals surface area contributed by atoms with Gasteiger partial charge in [-0.3, -0.25) is 0 Å². The number of benzene rings is 1. The molecule has 1 fully saturated rings. The summed E-state index contributed by atoms with van der Waals surface area (Å²) in [5.74, 6) is 1.76. The van der Waals surface area contributed by atoms with Crippen LogP contribution in [0.4, 0.5) is 0 Å². The van der Waals surface area contributed by atoms with Gasteiger partial charge in [0.15, 0.2) is 5.82 Å². The number of piperidine rings is 1. The number of ether oxygens (including phenoxy) is 1. The van der Waals surface area contributed by atoms with E-state index in [4.69, 9.17) is 4.74 Å². The number of H-pyrrole nitrogens is 1. The molecule has 0 spiro atoms. The third-order valence-corrected chi connectivity index (χ3v) is 6.28. The van der Waals surface area contributed by atoms with E-state index in [-0.39, 0.29) is 0 Å². The van der Waals surface area contributed by atoms with Crippen LogP contribution in [0.25, 0.3) is 0 Å². The molecule has 1 aliphatic rings. The van der Waals surface area contributed by atoms with Crippen molar-refractivity contribution in [1.29, 1.82) is 0 Å². The number of hydrogen-bond donors (Lipinski definition) is 1. The van der Waals surface area contributed by atoms with Gasteiger partial charge in [-0.05, 0) is 49.4 Å². The summed E-state index contributed by atoms with van der Waals surface area (Å²) in [6.07, 6.45) is 3.24. The molecule has 0 bridgehead atoms. The van der Waals surface area contributed by atoms with Gasteiger partial charge in [-0.15, -0.1) is 10.2 Å². The molecule has 25 heavy (non-hydrogen) atoms. The molecule has 3 rings (SSSR count). The van der Waals surface area contributed by atoms with Crippen molar-refractivity contribution in [2.24, 2.45) is 5.92 Å². The lowest BCUT2D eigenvalue weighted by Gasteiger charge is -2.30. The zero-order valence-electron chi connectivity index (χ0n) is 14.3. The molecule has 9 heteroatoms. The minimum atomic E-state index is -3.46. The molecule has 1 aliphatic heterocycles. The van der Waals surface area contributed by atoms with E-state index in [2.05, 4.69) is 20.6 Å². The fourth-order valence-corrected chi connectivity index (χ4v) is 4.43. The highest BCUT2D eigenvalue weighted by Gasteiger charge is 2.29. The van der Waals surface area contributed by atoms with Gasteiger partial charge in [-0.25, -0.2) is 8.42 Å². The van der Waals surface area contributed by atoms with E-state index in [1.807, 2.05) is 6.92 Å². The molecule has 0 radical (unpaired) electrons. The number of nitrogens with one attached hydrogen (secondary N) is 1. The first kappa shape index (κ1) is 17.8. The quantitative estimate of drug-likeness (QED) is 0.800. The maximum atomic E-state index is 12.8. The van der Waals surface area contributed by atoms with Crippen molar-refractivity contribution >= 4 is 10.0 Å². The topological polar surface area (TPSA) is 101 Å². The Morgan fingerprint density at radius 2 is 1.96 bits per heavy atom. The lowest BCUT2D eigenvalue weighted by Crippen LogP contribution is -2.38. The Bertz CT molecular complexity index is 754. The van der Waals surface area contributed by atoms with E-state index < -0.39 is 10.0 Å². The van der Waals surface area contributed by atoms with Crippen LogP contribution in [0.15, 0.2) is 29.2 Å². The molecule has 0 aliphatic carbocycles. The summed E-state index contributed by atoms with van der Waals surface area (Å²) in [5.41, 5.74) is 0. The van der Waals surface area contributed by atoms with Crippen LogP contribution in [-0.2, 0) is 16.4 Å². The molecule has 0 atom stereocenters. The van der Waals surface area contributed by atoms with Gasteiger partial charge in [0.25, 0.3) is 0 Å². The molecule has 2 heterocycles. The zero-order valence-corrected chi connectivity index (χ0v) is 15.1. The normalized spacial score (nSPS) is 16.8. The van der Waals surface area contributed by atoms with Gasteiger partial charge in [0, 0.05) is 19.5 Å². The maximum absolute atomic E-state index is 12.8. The lowest BCUT2D eigenvalue weighted by atomic mass is 9.94. The molecule has 2 aromatic rings. The predicted octanol–water partition coefficient (Wildman–Crippen LogP) is 1.63. The van der Waals surface area contributed by atoms with Crippen molar-refractivity contribution < 1.29 is 13.2 Å². The van der Waals surface area contributed by atoms with Gasteiger partial charge in [0.05, 0.1) is 11.5 Å². The smallest absolute Gasteiger partial charge is 0.243 e. The Kier molecular flexibility index (Phi) is 5.64. The number of sulfonamides is 1. The van der Waals surface area contributed by atoms with Crippen molar-refractivity contribution in [2.75, 3.05) is 19.7 Å². The molecule has 0 amide bonds. The number of hydrogen-bond acceptors (Lipinski definition) is 6.